The van der Waals surface area contributed by atoms with E-state index in [4.69, 9.17) is 0 Å². The highest BCUT2D eigenvalue weighted by molar-refractivity contribution is 5.76. The summed E-state index contributed by atoms with van der Waals surface area (Å²) in [7, 11) is 1.29. The molecule has 16 heavy (non-hydrogen) atoms. The van der Waals surface area contributed by atoms with Crippen molar-refractivity contribution < 1.29 is 19.1 Å². The summed E-state index contributed by atoms with van der Waals surface area (Å²) in [6.45, 7) is 1.70. The van der Waals surface area contributed by atoms with Crippen molar-refractivity contribution in [2.75, 3.05) is 13.8 Å². The van der Waals surface area contributed by atoms with E-state index in [1.807, 2.05) is 6.92 Å². The summed E-state index contributed by atoms with van der Waals surface area (Å²) in [6.07, 6.45) is 2.00. The minimum Gasteiger partial charge on any atom is -0.469 e. The molecule has 1 unspecified atom stereocenters. The molecule has 0 aromatic rings. The molecule has 0 saturated heterocycles. The molecule has 0 saturated carbocycles. The minimum absolute atomic E-state index is 0.109. The van der Waals surface area contributed by atoms with Gasteiger partial charge in [0.05, 0.1) is 13.5 Å². The Kier molecular flexibility index (Phi) is 7.44. The molecule has 2 N–H and O–H groups in total. The van der Waals surface area contributed by atoms with Gasteiger partial charge in [0.2, 0.25) is 6.08 Å². The van der Waals surface area contributed by atoms with Crippen LogP contribution in [0.25, 0.3) is 0 Å². The van der Waals surface area contributed by atoms with Crippen molar-refractivity contribution in [2.24, 2.45) is 4.99 Å². The summed E-state index contributed by atoms with van der Waals surface area (Å²) < 4.78 is 4.48. The maximum absolute atomic E-state index is 11.2. The van der Waals surface area contributed by atoms with Gasteiger partial charge in [0, 0.05) is 6.04 Å². The van der Waals surface area contributed by atoms with Gasteiger partial charge in [0.25, 0.3) is 0 Å². The summed E-state index contributed by atoms with van der Waals surface area (Å²) in [6, 6.07) is -0.789. The standard InChI is InChI=1S/C9H15N3O4/c1-3-7(4-8(14)16-2)12-9(15)11-5-10-6-13/h7H,3-5H2,1-2H3,(H2,11,12,15). The van der Waals surface area contributed by atoms with Crippen LogP contribution in [0, 0.1) is 0 Å². The van der Waals surface area contributed by atoms with Crippen molar-refractivity contribution in [3.05, 3.63) is 0 Å². The van der Waals surface area contributed by atoms with Crippen LogP contribution in [0.4, 0.5) is 4.79 Å². The van der Waals surface area contributed by atoms with Gasteiger partial charge < -0.3 is 15.4 Å². The number of aliphatic imine (C=N–C) groups is 1. The molecule has 0 spiro atoms. The molecule has 90 valence electrons. The number of methoxy groups -OCH3 is 1. The van der Waals surface area contributed by atoms with E-state index in [-0.39, 0.29) is 19.1 Å². The molecule has 0 aliphatic rings. The number of nitrogens with one attached hydrogen (secondary N) is 2. The van der Waals surface area contributed by atoms with E-state index >= 15 is 0 Å². The van der Waals surface area contributed by atoms with Crippen LogP contribution >= 0.6 is 0 Å². The highest BCUT2D eigenvalue weighted by atomic mass is 16.5. The fourth-order valence-electron chi connectivity index (χ4n) is 0.962. The Morgan fingerprint density at radius 1 is 1.50 bits per heavy atom. The first kappa shape index (κ1) is 14.1. The zero-order valence-corrected chi connectivity index (χ0v) is 9.28. The molecule has 0 aliphatic carbocycles. The first-order valence-electron chi connectivity index (χ1n) is 4.78. The lowest BCUT2D eigenvalue weighted by Crippen LogP contribution is -2.42. The van der Waals surface area contributed by atoms with E-state index in [0.717, 1.165) is 0 Å². The van der Waals surface area contributed by atoms with E-state index in [1.54, 1.807) is 0 Å². The van der Waals surface area contributed by atoms with Crippen LogP contribution in [0.3, 0.4) is 0 Å². The average molecular weight is 229 g/mol. The fourth-order valence-corrected chi connectivity index (χ4v) is 0.962. The van der Waals surface area contributed by atoms with Gasteiger partial charge in [-0.25, -0.2) is 9.59 Å². The second-order valence-electron chi connectivity index (χ2n) is 2.94. The Hall–Kier alpha value is -1.88. The second kappa shape index (κ2) is 8.43. The minimum atomic E-state index is -0.491. The predicted molar refractivity (Wildman–Crippen MR) is 55.4 cm³/mol. The van der Waals surface area contributed by atoms with Crippen molar-refractivity contribution in [1.29, 1.82) is 0 Å². The molecule has 0 aliphatic heterocycles. The Morgan fingerprint density at radius 2 is 2.19 bits per heavy atom. The van der Waals surface area contributed by atoms with Crippen molar-refractivity contribution in [3.8, 4) is 0 Å². The molecule has 0 aromatic heterocycles. The van der Waals surface area contributed by atoms with Crippen molar-refractivity contribution in [1.82, 2.24) is 10.6 Å². The topological polar surface area (TPSA) is 96.9 Å². The third kappa shape index (κ3) is 6.56. The zero-order chi connectivity index (χ0) is 12.4. The van der Waals surface area contributed by atoms with Crippen LogP contribution in [0.1, 0.15) is 19.8 Å². The van der Waals surface area contributed by atoms with E-state index in [2.05, 4.69) is 20.4 Å². The summed E-state index contributed by atoms with van der Waals surface area (Å²) in [5.74, 6) is -0.391. The highest BCUT2D eigenvalue weighted by Crippen LogP contribution is 1.98. The number of nitrogens with zero attached hydrogens (tertiary/aromatic N) is 1. The first-order chi connectivity index (χ1) is 7.63. The third-order valence-electron chi connectivity index (χ3n) is 1.85. The molecule has 0 heterocycles. The van der Waals surface area contributed by atoms with Crippen LogP contribution in [0.15, 0.2) is 4.99 Å². The SMILES string of the molecule is CCC(CC(=O)OC)NC(=O)NCN=C=O. The van der Waals surface area contributed by atoms with Crippen molar-refractivity contribution >= 4 is 18.1 Å². The number of carbonyl (C=O) groups excluding carboxylic acids is 3. The molecule has 7 heteroatoms. The Balaban J connectivity index is 3.96. The predicted octanol–water partition coefficient (Wildman–Crippen LogP) is -0.0794. The molecule has 0 fully saturated rings. The van der Waals surface area contributed by atoms with E-state index in [1.165, 1.54) is 13.2 Å². The summed E-state index contributed by atoms with van der Waals surface area (Å²) in [5.41, 5.74) is 0. The number of rotatable bonds is 6. The number of isocyanates is 1. The van der Waals surface area contributed by atoms with Crippen molar-refractivity contribution in [3.63, 3.8) is 0 Å². The van der Waals surface area contributed by atoms with Gasteiger partial charge in [-0.15, -0.1) is 0 Å². The van der Waals surface area contributed by atoms with Crippen LogP contribution in [-0.2, 0) is 14.3 Å². The second-order valence-corrected chi connectivity index (χ2v) is 2.94. The summed E-state index contributed by atoms with van der Waals surface area (Å²) in [4.78, 5) is 35.0. The van der Waals surface area contributed by atoms with E-state index in [9.17, 15) is 14.4 Å². The number of esters is 1. The molecule has 1 atom stereocenters. The molecule has 0 bridgehead atoms. The molecule has 0 rings (SSSR count). The normalized spacial score (nSPS) is 10.9. The number of ether oxygens (including phenoxy) is 1. The summed E-state index contributed by atoms with van der Waals surface area (Å²) in [5, 5.41) is 4.86. The highest BCUT2D eigenvalue weighted by Gasteiger charge is 2.14. The Bertz CT molecular complexity index is 286. The van der Waals surface area contributed by atoms with Crippen LogP contribution < -0.4 is 10.6 Å². The number of urea groups is 1. The van der Waals surface area contributed by atoms with E-state index in [0.29, 0.717) is 6.42 Å². The number of hydrogen-bond donors (Lipinski definition) is 2. The van der Waals surface area contributed by atoms with Crippen LogP contribution in [0.5, 0.6) is 0 Å². The molecule has 0 aromatic carbocycles. The number of carbonyl (C=O) groups is 2. The molecule has 0 radical (unpaired) electrons. The Morgan fingerprint density at radius 3 is 2.69 bits per heavy atom. The quantitative estimate of drug-likeness (QED) is 0.378. The average Bonchev–Trinajstić information content (AvgIpc) is 2.28. The van der Waals surface area contributed by atoms with Gasteiger partial charge >= 0.3 is 12.0 Å². The molecular weight excluding hydrogens is 214 g/mol. The number of amides is 2. The van der Waals surface area contributed by atoms with E-state index < -0.39 is 12.0 Å². The van der Waals surface area contributed by atoms with Gasteiger partial charge in [0.15, 0.2) is 0 Å². The molecule has 7 nitrogen and oxygen atoms in total. The maximum atomic E-state index is 11.2. The number of hydrogen-bond acceptors (Lipinski definition) is 5. The van der Waals surface area contributed by atoms with Gasteiger partial charge in [-0.2, -0.15) is 4.99 Å². The fraction of sp³-hybridized carbons (Fsp3) is 0.667. The van der Waals surface area contributed by atoms with Gasteiger partial charge in [0.1, 0.15) is 6.67 Å². The lowest BCUT2D eigenvalue weighted by molar-refractivity contribution is -0.141. The lowest BCUT2D eigenvalue weighted by atomic mass is 10.1. The maximum Gasteiger partial charge on any atom is 0.316 e. The van der Waals surface area contributed by atoms with Crippen LogP contribution in [0.2, 0.25) is 0 Å². The lowest BCUT2D eigenvalue weighted by Gasteiger charge is -2.15. The van der Waals surface area contributed by atoms with Crippen LogP contribution in [-0.4, -0.2) is 37.9 Å². The third-order valence-corrected chi connectivity index (χ3v) is 1.85. The molecular formula is C9H15N3O4. The zero-order valence-electron chi connectivity index (χ0n) is 9.28. The first-order valence-corrected chi connectivity index (χ1v) is 4.78. The monoisotopic (exact) mass is 229 g/mol. The summed E-state index contributed by atoms with van der Waals surface area (Å²) >= 11 is 0. The van der Waals surface area contributed by atoms with Gasteiger partial charge in [-0.3, -0.25) is 4.79 Å². The smallest absolute Gasteiger partial charge is 0.316 e. The van der Waals surface area contributed by atoms with Crippen molar-refractivity contribution in [2.45, 2.75) is 25.8 Å². The van der Waals surface area contributed by atoms with Gasteiger partial charge in [-0.1, -0.05) is 6.92 Å². The Labute approximate surface area is 93.3 Å². The van der Waals surface area contributed by atoms with Gasteiger partial charge in [-0.05, 0) is 6.42 Å². The largest absolute Gasteiger partial charge is 0.469 e. The molecule has 2 amide bonds.